The fourth-order valence-corrected chi connectivity index (χ4v) is 16.3. The highest BCUT2D eigenvalue weighted by atomic mass is 127. The van der Waals surface area contributed by atoms with E-state index < -0.39 is 46.9 Å². The molecule has 0 spiro atoms. The van der Waals surface area contributed by atoms with Gasteiger partial charge in [0.25, 0.3) is 5.69 Å². The van der Waals surface area contributed by atoms with Crippen LogP contribution in [0.3, 0.4) is 0 Å². The zero-order chi connectivity index (χ0) is 50.6. The van der Waals surface area contributed by atoms with Gasteiger partial charge in [0, 0.05) is 59.9 Å². The van der Waals surface area contributed by atoms with Gasteiger partial charge in [0.15, 0.2) is 0 Å². The Bertz CT molecular complexity index is 2300. The Hall–Kier alpha value is -3.16. The van der Waals surface area contributed by atoms with Crippen LogP contribution in [0, 0.1) is 45.6 Å². The van der Waals surface area contributed by atoms with Crippen molar-refractivity contribution in [2.45, 2.75) is 108 Å². The lowest BCUT2D eigenvalue weighted by Gasteiger charge is -2.47. The maximum Gasteiger partial charge on any atom is 0.363 e. The molecular formula is C51H78IN7O11S2. The summed E-state index contributed by atoms with van der Waals surface area (Å²) in [6.07, 6.45) is 5.30. The highest BCUT2D eigenvalue weighted by Crippen LogP contribution is 2.54. The van der Waals surface area contributed by atoms with Crippen LogP contribution >= 0.6 is 23.5 Å². The summed E-state index contributed by atoms with van der Waals surface area (Å²) in [6.45, 7) is 18.1. The van der Waals surface area contributed by atoms with Crippen LogP contribution in [0.5, 0.6) is 0 Å². The number of nitrogens with zero attached hydrogens (tertiary/aromatic N) is 6. The quantitative estimate of drug-likeness (QED) is 0.0434. The number of likely N-dealkylation sites (tertiary alicyclic amines) is 3. The van der Waals surface area contributed by atoms with Crippen molar-refractivity contribution < 1.29 is 83.3 Å². The molecule has 8 aliphatic heterocycles. The molecular weight excluding hydrogens is 1080 g/mol. The Labute approximate surface area is 451 Å². The predicted molar refractivity (Wildman–Crippen MR) is 271 cm³/mol. The number of amides is 2. The van der Waals surface area contributed by atoms with E-state index in [9.17, 15) is 49.4 Å². The molecule has 8 heterocycles. The number of non-ortho nitro benzene ring substituents is 1. The van der Waals surface area contributed by atoms with Crippen molar-refractivity contribution in [3.63, 3.8) is 0 Å². The lowest BCUT2D eigenvalue weighted by Crippen LogP contribution is -3.00. The maximum atomic E-state index is 13.5. The molecule has 3 N–H and O–H groups in total. The van der Waals surface area contributed by atoms with Crippen molar-refractivity contribution in [3.8, 4) is 0 Å². The zero-order valence-corrected chi connectivity index (χ0v) is 45.8. The van der Waals surface area contributed by atoms with Crippen LogP contribution in [0.25, 0.3) is 0 Å². The molecule has 12 atom stereocenters. The van der Waals surface area contributed by atoms with E-state index in [1.807, 2.05) is 13.8 Å². The number of aliphatic carboxylic acids is 1. The SMILES string of the molecule is C.C[C@@H](O)[C@H]1C(=O)N2C(C(=O)OC(=O)c3ccc([N+](=O)[O-])cc3)=C(S[C@@H]3CC[N+](C)(CC4CCN(C)CC4)C3)[C@H](C)[C@H]12.C[C@@H](O)[C@H]1C(=O)N2C(C(=O)[O-])=C(S[C@@H]3CC[N+](C)(CC4CCNCC4)C3)[C@H](C)[C@H]12.[HH].[I-]. The van der Waals surface area contributed by atoms with Crippen LogP contribution < -0.4 is 34.4 Å². The number of esters is 2. The highest BCUT2D eigenvalue weighted by Gasteiger charge is 2.62. The fourth-order valence-electron chi connectivity index (χ4n) is 12.9. The Morgan fingerprint density at radius 3 is 1.68 bits per heavy atom. The van der Waals surface area contributed by atoms with Gasteiger partial charge in [0.05, 0.1) is 122 Å². The number of carboxylic acid groups (broad SMARTS) is 1. The number of nitrogens with one attached hydrogen (secondary N) is 1. The van der Waals surface area contributed by atoms with E-state index in [-0.39, 0.29) is 96.5 Å². The monoisotopic (exact) mass is 1160 g/mol. The van der Waals surface area contributed by atoms with Crippen molar-refractivity contribution in [2.75, 3.05) is 86.6 Å². The fraction of sp³-hybridized carbons (Fsp3) is 0.706. The van der Waals surface area contributed by atoms with Crippen molar-refractivity contribution in [3.05, 3.63) is 61.1 Å². The topological polar surface area (TPSA) is 223 Å². The van der Waals surface area contributed by atoms with E-state index in [0.717, 1.165) is 96.4 Å². The van der Waals surface area contributed by atoms with Crippen LogP contribution in [-0.2, 0) is 23.9 Å². The van der Waals surface area contributed by atoms with Crippen LogP contribution in [0.1, 0.15) is 85.4 Å². The number of β-lactam (4-membered cyclic amide) rings is 2. The molecule has 72 heavy (non-hydrogen) atoms. The molecule has 18 nitrogen and oxygen atoms in total. The normalized spacial score (nSPS) is 33.4. The second-order valence-electron chi connectivity index (χ2n) is 22.1. The second-order valence-corrected chi connectivity index (χ2v) is 24.8. The first kappa shape index (κ1) is 58.1. The Morgan fingerprint density at radius 2 is 1.24 bits per heavy atom. The number of quaternary nitrogens is 2. The number of benzene rings is 1. The molecule has 402 valence electrons. The molecule has 0 aliphatic carbocycles. The molecule has 1 aromatic rings. The van der Waals surface area contributed by atoms with Crippen molar-refractivity contribution >= 4 is 58.9 Å². The van der Waals surface area contributed by atoms with Crippen molar-refractivity contribution in [1.29, 1.82) is 0 Å². The second kappa shape index (κ2) is 23.4. The Kier molecular flexibility index (Phi) is 18.9. The number of carbonyl (C=O) groups is 5. The number of nitro groups is 1. The van der Waals surface area contributed by atoms with Gasteiger partial charge in [0.2, 0.25) is 11.8 Å². The molecule has 2 unspecified atom stereocenters. The first-order valence-corrected chi connectivity index (χ1v) is 27.0. The number of aliphatic hydroxyl groups excluding tert-OH is 2. The highest BCUT2D eigenvalue weighted by molar-refractivity contribution is 8.04. The van der Waals surface area contributed by atoms with Crippen molar-refractivity contribution in [1.82, 2.24) is 20.0 Å². The molecule has 8 aliphatic rings. The third-order valence-electron chi connectivity index (χ3n) is 16.7. The maximum absolute atomic E-state index is 13.5. The van der Waals surface area contributed by atoms with Crippen molar-refractivity contribution in [2.24, 2.45) is 35.5 Å². The summed E-state index contributed by atoms with van der Waals surface area (Å²) in [5.74, 6) is -3.70. The Morgan fingerprint density at radius 1 is 0.792 bits per heavy atom. The number of hydrogen-bond acceptors (Lipinski definition) is 15. The molecule has 9 rings (SSSR count). The number of ether oxygens (including phenoxy) is 1. The lowest BCUT2D eigenvalue weighted by atomic mass is 9.79. The predicted octanol–water partition coefficient (Wildman–Crippen LogP) is 0.284. The van der Waals surface area contributed by atoms with Gasteiger partial charge in [-0.05, 0) is 84.9 Å². The summed E-state index contributed by atoms with van der Waals surface area (Å²) in [5.41, 5.74) is -0.0549. The minimum atomic E-state index is -1.27. The van der Waals surface area contributed by atoms with Gasteiger partial charge >= 0.3 is 11.9 Å². The summed E-state index contributed by atoms with van der Waals surface area (Å²) >= 11 is 3.25. The van der Waals surface area contributed by atoms with Gasteiger partial charge in [0.1, 0.15) is 5.70 Å². The number of fused-ring (bicyclic) bond motifs is 2. The summed E-state index contributed by atoms with van der Waals surface area (Å²) in [7, 11) is 6.81. The average molecular weight is 1160 g/mol. The largest absolute Gasteiger partial charge is 1.00 e. The number of rotatable bonds is 14. The third kappa shape index (κ3) is 11.8. The first-order chi connectivity index (χ1) is 33.1. The molecule has 0 saturated carbocycles. The number of hydrogen-bond donors (Lipinski definition) is 3. The minimum absolute atomic E-state index is 0. The van der Waals surface area contributed by atoms with Gasteiger partial charge in [-0.3, -0.25) is 19.7 Å². The van der Waals surface area contributed by atoms with Crippen LogP contribution in [-0.4, -0.2) is 190 Å². The third-order valence-corrected chi connectivity index (χ3v) is 19.7. The number of nitro benzene ring substituents is 1. The van der Waals surface area contributed by atoms with E-state index in [4.69, 9.17) is 4.74 Å². The van der Waals surface area contributed by atoms with Gasteiger partial charge < -0.3 is 77.8 Å². The van der Waals surface area contributed by atoms with E-state index in [2.05, 4.69) is 31.4 Å². The minimum Gasteiger partial charge on any atom is -1.00 e. The molecule has 2 amide bonds. The molecule has 0 bridgehead atoms. The van der Waals surface area contributed by atoms with E-state index in [1.54, 1.807) is 37.4 Å². The van der Waals surface area contributed by atoms with Crippen LogP contribution in [0.2, 0.25) is 0 Å². The molecule has 6 fully saturated rings. The van der Waals surface area contributed by atoms with E-state index in [1.165, 1.54) is 66.3 Å². The number of carboxylic acids is 1. The summed E-state index contributed by atoms with van der Waals surface area (Å²) < 4.78 is 7.26. The average Bonchev–Trinajstić information content (AvgIpc) is 4.00. The van der Waals surface area contributed by atoms with Crippen LogP contribution in [0.15, 0.2) is 45.5 Å². The number of carbonyl (C=O) groups excluding carboxylic acids is 5. The molecule has 0 radical (unpaired) electrons. The molecule has 1 aromatic carbocycles. The van der Waals surface area contributed by atoms with Gasteiger partial charge in [-0.25, -0.2) is 9.59 Å². The summed E-state index contributed by atoms with van der Waals surface area (Å²) in [5, 5.41) is 47.1. The standard InChI is InChI=1S/C29H39N4O7S.C21H33N3O4S.CH4.HI.H2/c1-17-24-23(18(2)34)27(35)31(24)25(29(37)40-28(36)20-5-7-21(8-6-20)32(38)39)26(17)41-22-11-14-33(4,16-22)15-19-9-12-30(3)13-10-19;1-12-17-16(13(2)25)20(26)23(17)18(21(27)28)19(12)29-15-6-9-24(3,11-15)10-14-4-7-22-8-5-14;;;/h5-8,17-19,22-24,34H,9-16H2,1-4H3;12-17,22,25H,4-11H2,1-3H3;1H4;2*1H/q+1;;;;/p-1/t17-,18-,22-,23-,24-,33?;12-,13-,15-,16-,17-,24?;;;/m11.../s1. The zero-order valence-electron chi connectivity index (χ0n) is 42.0. The number of halogens is 1. The first-order valence-electron chi connectivity index (χ1n) is 25.2. The molecule has 0 aromatic heterocycles. The van der Waals surface area contributed by atoms with Gasteiger partial charge in [-0.1, -0.05) is 21.3 Å². The van der Waals surface area contributed by atoms with Gasteiger partial charge in [-0.2, -0.15) is 0 Å². The van der Waals surface area contributed by atoms with Gasteiger partial charge in [-0.15, -0.1) is 23.5 Å². The van der Waals surface area contributed by atoms with E-state index >= 15 is 0 Å². The molecule has 6 saturated heterocycles. The summed E-state index contributed by atoms with van der Waals surface area (Å²) in [6, 6.07) is 4.18. The Balaban J connectivity index is 0.000000274. The lowest BCUT2D eigenvalue weighted by molar-refractivity contribution is -0.900. The summed E-state index contributed by atoms with van der Waals surface area (Å²) in [4.78, 5) is 80.7. The van der Waals surface area contributed by atoms with E-state index in [0.29, 0.717) is 11.2 Å². The number of piperidine rings is 2. The van der Waals surface area contributed by atoms with Crippen LogP contribution in [0.4, 0.5) is 5.69 Å². The number of aliphatic hydroxyl groups is 2. The number of thioether (sulfide) groups is 2. The molecule has 21 heteroatoms. The smallest absolute Gasteiger partial charge is 0.363 e.